The van der Waals surface area contributed by atoms with E-state index in [1.807, 2.05) is 13.0 Å². The number of fused-ring (bicyclic) bond motifs is 1. The van der Waals surface area contributed by atoms with Crippen LogP contribution in [0.5, 0.6) is 0 Å². The smallest absolute Gasteiger partial charge is 0.160 e. The number of aryl methyl sites for hydroxylation is 1. The van der Waals surface area contributed by atoms with Crippen LogP contribution in [0, 0.1) is 6.92 Å². The van der Waals surface area contributed by atoms with Crippen molar-refractivity contribution >= 4 is 5.65 Å². The van der Waals surface area contributed by atoms with E-state index in [4.69, 9.17) is 0 Å². The molecule has 1 unspecified atom stereocenters. The summed E-state index contributed by atoms with van der Waals surface area (Å²) in [6.07, 6.45) is 3.40. The lowest BCUT2D eigenvalue weighted by atomic mass is 10.0. The number of rotatable bonds is 1. The molecule has 78 valence electrons. The largest absolute Gasteiger partial charge is 0.316 e. The maximum absolute atomic E-state index is 4.08. The van der Waals surface area contributed by atoms with Crippen LogP contribution in [0.25, 0.3) is 5.65 Å². The first-order chi connectivity index (χ1) is 7.34. The Balaban J connectivity index is 2.08. The molecule has 1 N–H and O–H groups in total. The third-order valence-electron chi connectivity index (χ3n) is 3.13. The molecule has 1 aliphatic rings. The summed E-state index contributed by atoms with van der Waals surface area (Å²) in [6.45, 7) is 4.20. The Morgan fingerprint density at radius 3 is 3.13 bits per heavy atom. The van der Waals surface area contributed by atoms with Gasteiger partial charge in [0.25, 0.3) is 0 Å². The fourth-order valence-electron chi connectivity index (χ4n) is 2.20. The van der Waals surface area contributed by atoms with Gasteiger partial charge in [0.05, 0.1) is 0 Å². The first kappa shape index (κ1) is 8.85. The van der Waals surface area contributed by atoms with Gasteiger partial charge in [-0.25, -0.2) is 0 Å². The molecule has 0 amide bonds. The maximum atomic E-state index is 4.08. The second kappa shape index (κ2) is 3.31. The molecule has 0 radical (unpaired) electrons. The molecule has 0 aliphatic carbocycles. The molecule has 0 bridgehead atoms. The summed E-state index contributed by atoms with van der Waals surface area (Å²) in [6, 6.07) is 4.22. The van der Waals surface area contributed by atoms with E-state index >= 15 is 0 Å². The van der Waals surface area contributed by atoms with E-state index in [1.165, 1.54) is 12.0 Å². The van der Waals surface area contributed by atoms with Crippen molar-refractivity contribution in [2.75, 3.05) is 13.1 Å². The summed E-state index contributed by atoms with van der Waals surface area (Å²) >= 11 is 0. The molecule has 4 nitrogen and oxygen atoms in total. The highest BCUT2D eigenvalue weighted by Crippen LogP contribution is 2.22. The third-order valence-corrected chi connectivity index (χ3v) is 3.13. The van der Waals surface area contributed by atoms with E-state index in [9.17, 15) is 0 Å². The van der Waals surface area contributed by atoms with Gasteiger partial charge in [-0.3, -0.25) is 4.40 Å². The highest BCUT2D eigenvalue weighted by atomic mass is 15.2. The van der Waals surface area contributed by atoms with Gasteiger partial charge in [-0.05, 0) is 37.4 Å². The predicted octanol–water partition coefficient (Wildman–Crippen LogP) is 1.11. The van der Waals surface area contributed by atoms with Crippen molar-refractivity contribution in [1.29, 1.82) is 0 Å². The minimum atomic E-state index is 0.649. The average Bonchev–Trinajstić information content (AvgIpc) is 2.88. The summed E-state index contributed by atoms with van der Waals surface area (Å²) in [5, 5.41) is 11.5. The van der Waals surface area contributed by atoms with Gasteiger partial charge in [0, 0.05) is 12.7 Å². The average molecular weight is 202 g/mol. The van der Waals surface area contributed by atoms with Gasteiger partial charge in [0.1, 0.15) is 5.82 Å². The lowest BCUT2D eigenvalue weighted by molar-refractivity contribution is 0.755. The molecule has 1 fully saturated rings. The minimum Gasteiger partial charge on any atom is -0.316 e. The highest BCUT2D eigenvalue weighted by Gasteiger charge is 2.17. The zero-order valence-corrected chi connectivity index (χ0v) is 8.77. The number of pyridine rings is 1. The monoisotopic (exact) mass is 202 g/mol. The van der Waals surface area contributed by atoms with Gasteiger partial charge in [0.2, 0.25) is 0 Å². The first-order valence-electron chi connectivity index (χ1n) is 5.36. The molecule has 15 heavy (non-hydrogen) atoms. The number of hydrogen-bond donors (Lipinski definition) is 1. The first-order valence-corrected chi connectivity index (χ1v) is 5.36. The van der Waals surface area contributed by atoms with Gasteiger partial charge in [-0.2, -0.15) is 0 Å². The van der Waals surface area contributed by atoms with Crippen molar-refractivity contribution in [3.8, 4) is 0 Å². The molecule has 4 heteroatoms. The SMILES string of the molecule is Cc1nnc2ccc(C3CCNC3)cn12. The molecule has 3 heterocycles. The molecule has 1 saturated heterocycles. The van der Waals surface area contributed by atoms with Crippen LogP contribution in [0.15, 0.2) is 18.3 Å². The Labute approximate surface area is 88.3 Å². The summed E-state index contributed by atoms with van der Waals surface area (Å²) < 4.78 is 2.06. The van der Waals surface area contributed by atoms with Crippen LogP contribution >= 0.6 is 0 Å². The Hall–Kier alpha value is -1.42. The second-order valence-corrected chi connectivity index (χ2v) is 4.13. The Morgan fingerprint density at radius 2 is 2.33 bits per heavy atom. The molecule has 3 rings (SSSR count). The van der Waals surface area contributed by atoms with E-state index in [0.29, 0.717) is 5.92 Å². The maximum Gasteiger partial charge on any atom is 0.160 e. The van der Waals surface area contributed by atoms with E-state index in [2.05, 4.69) is 32.2 Å². The predicted molar refractivity (Wildman–Crippen MR) is 58.0 cm³/mol. The van der Waals surface area contributed by atoms with Crippen LogP contribution in [-0.4, -0.2) is 27.7 Å². The van der Waals surface area contributed by atoms with E-state index < -0.39 is 0 Å². The van der Waals surface area contributed by atoms with Gasteiger partial charge < -0.3 is 5.32 Å². The number of nitrogens with zero attached hydrogens (tertiary/aromatic N) is 3. The number of hydrogen-bond acceptors (Lipinski definition) is 3. The van der Waals surface area contributed by atoms with E-state index in [1.54, 1.807) is 0 Å². The molecular weight excluding hydrogens is 188 g/mol. The van der Waals surface area contributed by atoms with Crippen LogP contribution in [0.2, 0.25) is 0 Å². The Morgan fingerprint density at radius 1 is 1.40 bits per heavy atom. The molecule has 2 aromatic rings. The molecule has 2 aromatic heterocycles. The summed E-state index contributed by atoms with van der Waals surface area (Å²) in [5.74, 6) is 1.61. The van der Waals surface area contributed by atoms with Crippen LogP contribution in [-0.2, 0) is 0 Å². The van der Waals surface area contributed by atoms with E-state index in [0.717, 1.165) is 24.6 Å². The molecule has 1 aliphatic heterocycles. The lowest BCUT2D eigenvalue weighted by Crippen LogP contribution is -2.08. The lowest BCUT2D eigenvalue weighted by Gasteiger charge is -2.08. The van der Waals surface area contributed by atoms with Crippen molar-refractivity contribution in [2.45, 2.75) is 19.3 Å². The summed E-state index contributed by atoms with van der Waals surface area (Å²) in [4.78, 5) is 0. The normalized spacial score (nSPS) is 21.3. The van der Waals surface area contributed by atoms with Crippen LogP contribution in [0.3, 0.4) is 0 Å². The zero-order valence-electron chi connectivity index (χ0n) is 8.77. The third kappa shape index (κ3) is 1.41. The molecule has 0 aromatic carbocycles. The summed E-state index contributed by atoms with van der Waals surface area (Å²) in [5.41, 5.74) is 2.32. The van der Waals surface area contributed by atoms with Gasteiger partial charge in [-0.15, -0.1) is 10.2 Å². The van der Waals surface area contributed by atoms with Gasteiger partial charge >= 0.3 is 0 Å². The molecule has 1 atom stereocenters. The standard InChI is InChI=1S/C11H14N4/c1-8-13-14-11-3-2-10(7-15(8)11)9-4-5-12-6-9/h2-3,7,9,12H,4-6H2,1H3. The zero-order chi connectivity index (χ0) is 10.3. The van der Waals surface area contributed by atoms with Crippen LogP contribution in [0.1, 0.15) is 23.7 Å². The quantitative estimate of drug-likeness (QED) is 0.753. The Bertz CT molecular complexity index is 482. The fraction of sp³-hybridized carbons (Fsp3) is 0.455. The van der Waals surface area contributed by atoms with Crippen molar-refractivity contribution in [2.24, 2.45) is 0 Å². The van der Waals surface area contributed by atoms with Crippen molar-refractivity contribution in [3.63, 3.8) is 0 Å². The fourth-order valence-corrected chi connectivity index (χ4v) is 2.20. The second-order valence-electron chi connectivity index (χ2n) is 4.13. The van der Waals surface area contributed by atoms with Crippen LogP contribution in [0.4, 0.5) is 0 Å². The van der Waals surface area contributed by atoms with E-state index in [-0.39, 0.29) is 0 Å². The van der Waals surface area contributed by atoms with Crippen molar-refractivity contribution in [3.05, 3.63) is 29.7 Å². The van der Waals surface area contributed by atoms with Gasteiger partial charge in [0.15, 0.2) is 5.65 Å². The molecule has 0 saturated carbocycles. The number of nitrogens with one attached hydrogen (secondary N) is 1. The van der Waals surface area contributed by atoms with Crippen LogP contribution < -0.4 is 5.32 Å². The van der Waals surface area contributed by atoms with Crippen molar-refractivity contribution < 1.29 is 0 Å². The molecular formula is C11H14N4. The topological polar surface area (TPSA) is 42.2 Å². The Kier molecular flexibility index (Phi) is 1.95. The molecule has 0 spiro atoms. The minimum absolute atomic E-state index is 0.649. The van der Waals surface area contributed by atoms with Crippen molar-refractivity contribution in [1.82, 2.24) is 19.9 Å². The summed E-state index contributed by atoms with van der Waals surface area (Å²) in [7, 11) is 0. The highest BCUT2D eigenvalue weighted by molar-refractivity contribution is 5.40. The number of aromatic nitrogens is 3. The van der Waals surface area contributed by atoms with Gasteiger partial charge in [-0.1, -0.05) is 6.07 Å².